The molecule has 3 heteroatoms. The molecule has 3 N–H and O–H groups in total. The Hall–Kier alpha value is -0.120. The van der Waals surface area contributed by atoms with Crippen molar-refractivity contribution < 1.29 is 10.2 Å². The zero-order valence-corrected chi connectivity index (χ0v) is 9.24. The molecule has 1 aliphatic carbocycles. The number of aliphatic hydroxyl groups excluding tert-OH is 2. The Morgan fingerprint density at radius 1 is 1.21 bits per heavy atom. The van der Waals surface area contributed by atoms with E-state index in [4.69, 9.17) is 0 Å². The van der Waals surface area contributed by atoms with Crippen LogP contribution in [-0.2, 0) is 0 Å². The molecule has 0 aliphatic heterocycles. The average Bonchev–Trinajstić information content (AvgIpc) is 2.10. The van der Waals surface area contributed by atoms with Crippen molar-refractivity contribution in [3.63, 3.8) is 0 Å². The van der Waals surface area contributed by atoms with Crippen LogP contribution in [0.25, 0.3) is 0 Å². The van der Waals surface area contributed by atoms with E-state index in [-0.39, 0.29) is 0 Å². The summed E-state index contributed by atoms with van der Waals surface area (Å²) < 4.78 is 0. The molecule has 0 aromatic carbocycles. The Morgan fingerprint density at radius 3 is 2.50 bits per heavy atom. The maximum absolute atomic E-state index is 9.49. The van der Waals surface area contributed by atoms with Crippen LogP contribution in [0, 0.1) is 5.92 Å². The van der Waals surface area contributed by atoms with Gasteiger partial charge in [0, 0.05) is 6.04 Å². The lowest BCUT2D eigenvalue weighted by Crippen LogP contribution is -2.35. The van der Waals surface area contributed by atoms with E-state index in [2.05, 4.69) is 19.2 Å². The monoisotopic (exact) mass is 201 g/mol. The van der Waals surface area contributed by atoms with Crippen LogP contribution in [0.3, 0.4) is 0 Å². The number of nitrogens with one attached hydrogen (secondary N) is 1. The Balaban J connectivity index is 2.13. The standard InChI is InChI=1S/C11H23NO2/c1-8(2)12-6-5-9-3-4-10(13)11(14)7-9/h8-14H,3-7H2,1-2H3. The first-order valence-electron chi connectivity index (χ1n) is 5.69. The third kappa shape index (κ3) is 3.95. The van der Waals surface area contributed by atoms with Crippen LogP contribution in [0.4, 0.5) is 0 Å². The van der Waals surface area contributed by atoms with Gasteiger partial charge in [0.05, 0.1) is 12.2 Å². The topological polar surface area (TPSA) is 52.5 Å². The van der Waals surface area contributed by atoms with E-state index in [9.17, 15) is 10.2 Å². The highest BCUT2D eigenvalue weighted by Crippen LogP contribution is 2.26. The molecule has 0 aromatic rings. The lowest BCUT2D eigenvalue weighted by atomic mass is 9.83. The maximum Gasteiger partial charge on any atom is 0.0801 e. The summed E-state index contributed by atoms with van der Waals surface area (Å²) in [5, 5.41) is 22.2. The normalized spacial score (nSPS) is 33.6. The van der Waals surface area contributed by atoms with Gasteiger partial charge in [-0.15, -0.1) is 0 Å². The minimum atomic E-state index is -0.493. The number of hydrogen-bond donors (Lipinski definition) is 3. The third-order valence-electron chi connectivity index (χ3n) is 2.99. The average molecular weight is 201 g/mol. The fraction of sp³-hybridized carbons (Fsp3) is 1.00. The predicted molar refractivity (Wildman–Crippen MR) is 57.1 cm³/mol. The second-order valence-corrected chi connectivity index (χ2v) is 4.71. The molecule has 84 valence electrons. The fourth-order valence-corrected chi connectivity index (χ4v) is 2.05. The molecule has 0 bridgehead atoms. The van der Waals surface area contributed by atoms with Gasteiger partial charge in [0.25, 0.3) is 0 Å². The molecule has 3 atom stereocenters. The van der Waals surface area contributed by atoms with E-state index < -0.39 is 12.2 Å². The highest BCUT2D eigenvalue weighted by molar-refractivity contribution is 4.79. The van der Waals surface area contributed by atoms with Gasteiger partial charge in [0.2, 0.25) is 0 Å². The zero-order chi connectivity index (χ0) is 10.6. The second kappa shape index (κ2) is 5.69. The number of hydrogen-bond acceptors (Lipinski definition) is 3. The van der Waals surface area contributed by atoms with Crippen molar-refractivity contribution in [3.8, 4) is 0 Å². The molecule has 3 nitrogen and oxygen atoms in total. The van der Waals surface area contributed by atoms with Crippen LogP contribution in [0.15, 0.2) is 0 Å². The van der Waals surface area contributed by atoms with Crippen LogP contribution in [0.5, 0.6) is 0 Å². The fourth-order valence-electron chi connectivity index (χ4n) is 2.05. The van der Waals surface area contributed by atoms with Crippen molar-refractivity contribution in [3.05, 3.63) is 0 Å². The minimum Gasteiger partial charge on any atom is -0.390 e. The Kier molecular flexibility index (Phi) is 4.85. The van der Waals surface area contributed by atoms with E-state index in [0.29, 0.717) is 12.0 Å². The minimum absolute atomic E-state index is 0.482. The van der Waals surface area contributed by atoms with Crippen molar-refractivity contribution in [1.82, 2.24) is 5.32 Å². The molecule has 0 aromatic heterocycles. The smallest absolute Gasteiger partial charge is 0.0801 e. The summed E-state index contributed by atoms with van der Waals surface area (Å²) in [7, 11) is 0. The van der Waals surface area contributed by atoms with Crippen molar-refractivity contribution in [2.45, 2.75) is 57.8 Å². The van der Waals surface area contributed by atoms with Crippen LogP contribution < -0.4 is 5.32 Å². The second-order valence-electron chi connectivity index (χ2n) is 4.71. The van der Waals surface area contributed by atoms with Gasteiger partial charge in [-0.1, -0.05) is 13.8 Å². The van der Waals surface area contributed by atoms with Crippen LogP contribution in [0.2, 0.25) is 0 Å². The Bertz CT molecular complexity index is 161. The SMILES string of the molecule is CC(C)NCCC1CCC(O)C(O)C1. The van der Waals surface area contributed by atoms with Crippen LogP contribution >= 0.6 is 0 Å². The summed E-state index contributed by atoms with van der Waals surface area (Å²) in [5.74, 6) is 0.583. The quantitative estimate of drug-likeness (QED) is 0.633. The van der Waals surface area contributed by atoms with Gasteiger partial charge in [0.1, 0.15) is 0 Å². The first-order chi connectivity index (χ1) is 6.59. The lowest BCUT2D eigenvalue weighted by Gasteiger charge is -2.30. The van der Waals surface area contributed by atoms with Crippen LogP contribution in [-0.4, -0.2) is 35.0 Å². The van der Waals surface area contributed by atoms with Gasteiger partial charge < -0.3 is 15.5 Å². The summed E-state index contributed by atoms with van der Waals surface area (Å²) in [6.45, 7) is 5.30. The van der Waals surface area contributed by atoms with Gasteiger partial charge in [-0.3, -0.25) is 0 Å². The number of rotatable bonds is 4. The maximum atomic E-state index is 9.49. The van der Waals surface area contributed by atoms with E-state index in [0.717, 1.165) is 32.2 Å². The predicted octanol–water partition coefficient (Wildman–Crippen LogP) is 0.896. The van der Waals surface area contributed by atoms with Crippen molar-refractivity contribution >= 4 is 0 Å². The van der Waals surface area contributed by atoms with Crippen molar-refractivity contribution in [2.75, 3.05) is 6.54 Å². The van der Waals surface area contributed by atoms with E-state index in [1.807, 2.05) is 0 Å². The molecule has 0 radical (unpaired) electrons. The lowest BCUT2D eigenvalue weighted by molar-refractivity contribution is -0.0264. The first-order valence-corrected chi connectivity index (χ1v) is 5.69. The summed E-state index contributed by atoms with van der Waals surface area (Å²) in [6, 6.07) is 0.536. The summed E-state index contributed by atoms with van der Waals surface area (Å²) >= 11 is 0. The first kappa shape index (κ1) is 12.0. The molecule has 1 rings (SSSR count). The molecule has 14 heavy (non-hydrogen) atoms. The highest BCUT2D eigenvalue weighted by Gasteiger charge is 2.26. The summed E-state index contributed by atoms with van der Waals surface area (Å²) in [6.07, 6.45) is 2.71. The van der Waals surface area contributed by atoms with Gasteiger partial charge in [0.15, 0.2) is 0 Å². The van der Waals surface area contributed by atoms with Gasteiger partial charge >= 0.3 is 0 Å². The third-order valence-corrected chi connectivity index (χ3v) is 2.99. The molecular weight excluding hydrogens is 178 g/mol. The highest BCUT2D eigenvalue weighted by atomic mass is 16.3. The number of aliphatic hydroxyl groups is 2. The molecular formula is C11H23NO2. The van der Waals surface area contributed by atoms with E-state index in [1.54, 1.807) is 0 Å². The van der Waals surface area contributed by atoms with E-state index >= 15 is 0 Å². The molecule has 3 unspecified atom stereocenters. The van der Waals surface area contributed by atoms with Gasteiger partial charge in [-0.05, 0) is 38.1 Å². The molecule has 0 amide bonds. The molecule has 0 saturated heterocycles. The molecule has 1 saturated carbocycles. The molecule has 0 heterocycles. The van der Waals surface area contributed by atoms with Crippen molar-refractivity contribution in [2.24, 2.45) is 5.92 Å². The zero-order valence-electron chi connectivity index (χ0n) is 9.24. The largest absolute Gasteiger partial charge is 0.390 e. The summed E-state index contributed by atoms with van der Waals surface area (Å²) in [4.78, 5) is 0. The molecule has 1 aliphatic rings. The van der Waals surface area contributed by atoms with Gasteiger partial charge in [-0.2, -0.15) is 0 Å². The molecule has 1 fully saturated rings. The van der Waals surface area contributed by atoms with Crippen LogP contribution in [0.1, 0.15) is 39.5 Å². The van der Waals surface area contributed by atoms with Gasteiger partial charge in [-0.25, -0.2) is 0 Å². The van der Waals surface area contributed by atoms with Crippen molar-refractivity contribution in [1.29, 1.82) is 0 Å². The Labute approximate surface area is 86.5 Å². The molecule has 0 spiro atoms. The van der Waals surface area contributed by atoms with E-state index in [1.165, 1.54) is 0 Å². The Morgan fingerprint density at radius 2 is 1.93 bits per heavy atom. The summed E-state index contributed by atoms with van der Waals surface area (Å²) in [5.41, 5.74) is 0.